The number of nitrogens with zero attached hydrogens (tertiary/aromatic N) is 1. The smallest absolute Gasteiger partial charge is 0.127 e. The van der Waals surface area contributed by atoms with Crippen LogP contribution in [0.25, 0.3) is 32.7 Å². The third kappa shape index (κ3) is 4.35. The number of hydrogen-bond acceptors (Lipinski definition) is 2. The molecule has 0 heterocycles. The van der Waals surface area contributed by atoms with Crippen molar-refractivity contribution in [3.63, 3.8) is 0 Å². The second kappa shape index (κ2) is 9.48. The molecule has 0 saturated carbocycles. The van der Waals surface area contributed by atoms with Gasteiger partial charge in [-0.1, -0.05) is 103 Å². The van der Waals surface area contributed by atoms with Crippen LogP contribution < -0.4 is 4.74 Å². The molecule has 0 unspecified atom stereocenters. The third-order valence-electron chi connectivity index (χ3n) is 6.42. The highest BCUT2D eigenvalue weighted by Crippen LogP contribution is 2.37. The standard InChI is InChI=1S/C31H29NO/c1-32(2)30(24-12-4-3-5-13-24)21-22-33-31-20-19-28(27-16-8-9-17-29(27)31)26-18-10-14-23-11-6-7-15-25(23)26/h3-20,30H,21-22H2,1-2H3/t30-/m0/s1. The Kier molecular flexibility index (Phi) is 6.10. The molecule has 5 aromatic rings. The SMILES string of the molecule is CN(C)[C@@H](CCOc1ccc(-c2cccc3ccccc23)c2ccccc12)c1ccccc1. The van der Waals surface area contributed by atoms with Crippen LogP contribution >= 0.6 is 0 Å². The average molecular weight is 432 g/mol. The molecular formula is C31H29NO. The van der Waals surface area contributed by atoms with Crippen molar-refractivity contribution < 1.29 is 4.74 Å². The highest BCUT2D eigenvalue weighted by molar-refractivity contribution is 6.06. The summed E-state index contributed by atoms with van der Waals surface area (Å²) in [6.45, 7) is 0.662. The van der Waals surface area contributed by atoms with Crippen LogP contribution in [-0.4, -0.2) is 25.6 Å². The molecule has 5 aromatic carbocycles. The van der Waals surface area contributed by atoms with E-state index in [-0.39, 0.29) is 0 Å². The summed E-state index contributed by atoms with van der Waals surface area (Å²) in [5.74, 6) is 0.945. The van der Waals surface area contributed by atoms with Gasteiger partial charge in [-0.05, 0) is 53.0 Å². The van der Waals surface area contributed by atoms with Gasteiger partial charge in [0.25, 0.3) is 0 Å². The molecule has 0 N–H and O–H groups in total. The zero-order valence-electron chi connectivity index (χ0n) is 19.2. The van der Waals surface area contributed by atoms with Gasteiger partial charge in [-0.2, -0.15) is 0 Å². The van der Waals surface area contributed by atoms with Crippen molar-refractivity contribution in [3.05, 3.63) is 115 Å². The predicted octanol–water partition coefficient (Wildman–Crippen LogP) is 7.73. The van der Waals surface area contributed by atoms with E-state index < -0.39 is 0 Å². The van der Waals surface area contributed by atoms with Crippen LogP contribution in [0.5, 0.6) is 5.75 Å². The molecule has 0 aliphatic heterocycles. The summed E-state index contributed by atoms with van der Waals surface area (Å²) in [6, 6.07) is 39.0. The van der Waals surface area contributed by atoms with Crippen molar-refractivity contribution in [3.8, 4) is 16.9 Å². The van der Waals surface area contributed by atoms with Gasteiger partial charge in [0.2, 0.25) is 0 Å². The van der Waals surface area contributed by atoms with Gasteiger partial charge in [0.05, 0.1) is 6.61 Å². The van der Waals surface area contributed by atoms with Crippen LogP contribution in [-0.2, 0) is 0 Å². The molecule has 0 aliphatic rings. The molecule has 0 saturated heterocycles. The second-order valence-electron chi connectivity index (χ2n) is 8.71. The normalized spacial score (nSPS) is 12.3. The van der Waals surface area contributed by atoms with Gasteiger partial charge in [0.15, 0.2) is 0 Å². The van der Waals surface area contributed by atoms with Crippen LogP contribution in [0, 0.1) is 0 Å². The van der Waals surface area contributed by atoms with Crippen LogP contribution in [0.4, 0.5) is 0 Å². The monoisotopic (exact) mass is 431 g/mol. The Labute approximate surface area is 196 Å². The van der Waals surface area contributed by atoms with E-state index in [1.54, 1.807) is 0 Å². The molecule has 1 atom stereocenters. The van der Waals surface area contributed by atoms with Gasteiger partial charge >= 0.3 is 0 Å². The number of hydrogen-bond donors (Lipinski definition) is 0. The molecule has 0 radical (unpaired) electrons. The Morgan fingerprint density at radius 2 is 1.24 bits per heavy atom. The van der Waals surface area contributed by atoms with E-state index in [0.717, 1.165) is 17.6 Å². The van der Waals surface area contributed by atoms with E-state index in [1.807, 2.05) is 0 Å². The zero-order valence-corrected chi connectivity index (χ0v) is 19.2. The molecule has 0 bridgehead atoms. The first-order valence-corrected chi connectivity index (χ1v) is 11.6. The fraction of sp³-hybridized carbons (Fsp3) is 0.161. The fourth-order valence-electron chi connectivity index (χ4n) is 4.77. The van der Waals surface area contributed by atoms with Gasteiger partial charge in [0, 0.05) is 17.8 Å². The lowest BCUT2D eigenvalue weighted by Gasteiger charge is -2.25. The Morgan fingerprint density at radius 1 is 0.606 bits per heavy atom. The molecule has 0 amide bonds. The van der Waals surface area contributed by atoms with Crippen LogP contribution in [0.1, 0.15) is 18.0 Å². The summed E-state index contributed by atoms with van der Waals surface area (Å²) in [5.41, 5.74) is 3.82. The summed E-state index contributed by atoms with van der Waals surface area (Å²) < 4.78 is 6.37. The molecule has 0 aromatic heterocycles. The van der Waals surface area contributed by atoms with Gasteiger partial charge in [0.1, 0.15) is 5.75 Å². The Bertz CT molecular complexity index is 1370. The average Bonchev–Trinajstić information content (AvgIpc) is 2.86. The lowest BCUT2D eigenvalue weighted by molar-refractivity contribution is 0.225. The fourth-order valence-corrected chi connectivity index (χ4v) is 4.77. The number of rotatable bonds is 7. The molecule has 33 heavy (non-hydrogen) atoms. The minimum absolute atomic E-state index is 0.326. The van der Waals surface area contributed by atoms with Crippen molar-refractivity contribution in [2.75, 3.05) is 20.7 Å². The second-order valence-corrected chi connectivity index (χ2v) is 8.71. The van der Waals surface area contributed by atoms with Crippen molar-refractivity contribution in [1.82, 2.24) is 4.90 Å². The predicted molar refractivity (Wildman–Crippen MR) is 140 cm³/mol. The first-order valence-electron chi connectivity index (χ1n) is 11.6. The first kappa shape index (κ1) is 21.2. The maximum Gasteiger partial charge on any atom is 0.127 e. The van der Waals surface area contributed by atoms with E-state index in [4.69, 9.17) is 4.74 Å². The molecular weight excluding hydrogens is 402 g/mol. The maximum atomic E-state index is 6.37. The third-order valence-corrected chi connectivity index (χ3v) is 6.42. The molecule has 5 rings (SSSR count). The van der Waals surface area contributed by atoms with Crippen molar-refractivity contribution in [1.29, 1.82) is 0 Å². The van der Waals surface area contributed by atoms with Crippen LogP contribution in [0.3, 0.4) is 0 Å². The Hall–Kier alpha value is -3.62. The van der Waals surface area contributed by atoms with Crippen molar-refractivity contribution in [2.45, 2.75) is 12.5 Å². The summed E-state index contributed by atoms with van der Waals surface area (Å²) in [7, 11) is 4.26. The van der Waals surface area contributed by atoms with E-state index in [2.05, 4.69) is 128 Å². The van der Waals surface area contributed by atoms with Gasteiger partial charge < -0.3 is 9.64 Å². The van der Waals surface area contributed by atoms with Gasteiger partial charge in [-0.3, -0.25) is 0 Å². The minimum Gasteiger partial charge on any atom is -0.493 e. The van der Waals surface area contributed by atoms with E-state index in [9.17, 15) is 0 Å². The lowest BCUT2D eigenvalue weighted by atomic mass is 9.93. The van der Waals surface area contributed by atoms with E-state index in [0.29, 0.717) is 12.6 Å². The van der Waals surface area contributed by atoms with Crippen LogP contribution in [0.15, 0.2) is 109 Å². The molecule has 164 valence electrons. The van der Waals surface area contributed by atoms with Crippen LogP contribution in [0.2, 0.25) is 0 Å². The summed E-state index contributed by atoms with van der Waals surface area (Å²) in [4.78, 5) is 2.26. The number of ether oxygens (including phenoxy) is 1. The molecule has 2 nitrogen and oxygen atoms in total. The Balaban J connectivity index is 1.45. The Morgan fingerprint density at radius 3 is 2.03 bits per heavy atom. The minimum atomic E-state index is 0.326. The van der Waals surface area contributed by atoms with Gasteiger partial charge in [-0.15, -0.1) is 0 Å². The number of benzene rings is 5. The summed E-state index contributed by atoms with van der Waals surface area (Å²) in [5, 5.41) is 4.91. The highest BCUT2D eigenvalue weighted by Gasteiger charge is 2.15. The summed E-state index contributed by atoms with van der Waals surface area (Å²) in [6.07, 6.45) is 0.927. The van der Waals surface area contributed by atoms with E-state index >= 15 is 0 Å². The van der Waals surface area contributed by atoms with Gasteiger partial charge in [-0.25, -0.2) is 0 Å². The molecule has 0 aliphatic carbocycles. The number of fused-ring (bicyclic) bond motifs is 2. The molecule has 0 fully saturated rings. The van der Waals surface area contributed by atoms with Crippen molar-refractivity contribution in [2.24, 2.45) is 0 Å². The largest absolute Gasteiger partial charge is 0.493 e. The molecule has 2 heteroatoms. The summed E-state index contributed by atoms with van der Waals surface area (Å²) >= 11 is 0. The molecule has 0 spiro atoms. The quantitative estimate of drug-likeness (QED) is 0.261. The van der Waals surface area contributed by atoms with E-state index in [1.165, 1.54) is 32.8 Å². The highest BCUT2D eigenvalue weighted by atomic mass is 16.5. The maximum absolute atomic E-state index is 6.37. The topological polar surface area (TPSA) is 12.5 Å². The zero-order chi connectivity index (χ0) is 22.6. The first-order chi connectivity index (χ1) is 16.2. The van der Waals surface area contributed by atoms with Crippen molar-refractivity contribution >= 4 is 21.5 Å². The lowest BCUT2D eigenvalue weighted by Crippen LogP contribution is -2.22.